The molecule has 0 aromatic heterocycles. The summed E-state index contributed by atoms with van der Waals surface area (Å²) in [6.07, 6.45) is 3.19. The van der Waals surface area contributed by atoms with Gasteiger partial charge in [-0.1, -0.05) is 6.58 Å². The van der Waals surface area contributed by atoms with Gasteiger partial charge in [0.2, 0.25) is 0 Å². The first-order chi connectivity index (χ1) is 16.5. The van der Waals surface area contributed by atoms with Gasteiger partial charge in [0.1, 0.15) is 17.8 Å². The van der Waals surface area contributed by atoms with Gasteiger partial charge in [0.25, 0.3) is 5.69 Å². The number of hydrogen-bond acceptors (Lipinski definition) is 8. The lowest BCUT2D eigenvalue weighted by atomic mass is 9.81. The average molecular weight is 482 g/mol. The van der Waals surface area contributed by atoms with Crippen molar-refractivity contribution in [2.45, 2.75) is 57.8 Å². The summed E-state index contributed by atoms with van der Waals surface area (Å²) in [5, 5.41) is 10.8. The highest BCUT2D eigenvalue weighted by Crippen LogP contribution is 2.53. The fourth-order valence-corrected chi connectivity index (χ4v) is 5.45. The number of nitrogens with zero attached hydrogens (tertiary/aromatic N) is 1. The molecule has 0 bridgehead atoms. The number of rotatable bonds is 5. The van der Waals surface area contributed by atoms with Crippen molar-refractivity contribution < 1.29 is 33.5 Å². The molecule has 184 valence electrons. The van der Waals surface area contributed by atoms with Gasteiger partial charge < -0.3 is 14.2 Å². The van der Waals surface area contributed by atoms with Crippen molar-refractivity contribution in [2.24, 2.45) is 11.8 Å². The van der Waals surface area contributed by atoms with Crippen molar-refractivity contribution >= 4 is 29.7 Å². The Kier molecular flexibility index (Phi) is 6.36. The summed E-state index contributed by atoms with van der Waals surface area (Å²) in [5.41, 5.74) is 1.76. The molecule has 4 rings (SSSR count). The first-order valence-corrected chi connectivity index (χ1v) is 11.4. The maximum absolute atomic E-state index is 12.6. The fourth-order valence-electron chi connectivity index (χ4n) is 5.45. The van der Waals surface area contributed by atoms with Crippen LogP contribution in [0.1, 0.15) is 45.6 Å². The molecule has 5 atom stereocenters. The van der Waals surface area contributed by atoms with Crippen LogP contribution in [0.5, 0.6) is 0 Å². The largest absolute Gasteiger partial charge is 0.459 e. The lowest BCUT2D eigenvalue weighted by Crippen LogP contribution is -2.40. The molecule has 9 heteroatoms. The number of carbonyl (C=O) groups is 3. The second-order valence-electron chi connectivity index (χ2n) is 9.44. The molecule has 1 aromatic carbocycles. The van der Waals surface area contributed by atoms with Crippen LogP contribution in [-0.4, -0.2) is 40.6 Å². The lowest BCUT2D eigenvalue weighted by Gasteiger charge is -2.35. The number of carbonyl (C=O) groups excluding carboxylic acids is 3. The monoisotopic (exact) mass is 481 g/mol. The van der Waals surface area contributed by atoms with E-state index in [0.29, 0.717) is 30.4 Å². The molecule has 1 heterocycles. The zero-order valence-electron chi connectivity index (χ0n) is 19.8. The Balaban J connectivity index is 1.57. The third-order valence-corrected chi connectivity index (χ3v) is 7.22. The summed E-state index contributed by atoms with van der Waals surface area (Å²) >= 11 is 0. The molecule has 35 heavy (non-hydrogen) atoms. The Morgan fingerprint density at radius 1 is 1.29 bits per heavy atom. The average Bonchev–Trinajstić information content (AvgIpc) is 3.22. The van der Waals surface area contributed by atoms with Crippen LogP contribution in [0.15, 0.2) is 53.6 Å². The highest BCUT2D eigenvalue weighted by molar-refractivity contribution is 5.91. The van der Waals surface area contributed by atoms with Crippen molar-refractivity contribution in [3.8, 4) is 0 Å². The topological polar surface area (TPSA) is 122 Å². The van der Waals surface area contributed by atoms with Crippen molar-refractivity contribution in [3.63, 3.8) is 0 Å². The molecule has 9 nitrogen and oxygen atoms in total. The Labute approximate surface area is 202 Å². The minimum atomic E-state index is -0.838. The molecule has 2 fully saturated rings. The molecular weight excluding hydrogens is 454 g/mol. The highest BCUT2D eigenvalue weighted by Gasteiger charge is 2.56. The van der Waals surface area contributed by atoms with Crippen molar-refractivity contribution in [3.05, 3.63) is 69.3 Å². The maximum Gasteiger partial charge on any atom is 0.334 e. The summed E-state index contributed by atoms with van der Waals surface area (Å²) in [6, 6.07) is 5.78. The van der Waals surface area contributed by atoms with E-state index in [2.05, 4.69) is 6.58 Å². The number of nitro groups is 1. The van der Waals surface area contributed by atoms with E-state index in [4.69, 9.17) is 14.2 Å². The number of hydrogen-bond donors (Lipinski definition) is 0. The number of nitro benzene ring substituents is 1. The van der Waals surface area contributed by atoms with Gasteiger partial charge >= 0.3 is 17.9 Å². The zero-order valence-corrected chi connectivity index (χ0v) is 19.8. The van der Waals surface area contributed by atoms with E-state index < -0.39 is 40.6 Å². The lowest BCUT2D eigenvalue weighted by molar-refractivity contribution is -0.384. The molecule has 0 N–H and O–H groups in total. The van der Waals surface area contributed by atoms with E-state index in [-0.39, 0.29) is 17.5 Å². The van der Waals surface area contributed by atoms with E-state index >= 15 is 0 Å². The van der Waals surface area contributed by atoms with Crippen LogP contribution in [0.25, 0.3) is 6.08 Å². The number of esters is 3. The van der Waals surface area contributed by atoms with Crippen molar-refractivity contribution in [1.82, 2.24) is 0 Å². The Bertz CT molecular complexity index is 1160. The van der Waals surface area contributed by atoms with Crippen LogP contribution < -0.4 is 0 Å². The van der Waals surface area contributed by atoms with Gasteiger partial charge in [-0.05, 0) is 68.0 Å². The number of ether oxygens (including phenoxy) is 3. The predicted molar refractivity (Wildman–Crippen MR) is 125 cm³/mol. The Morgan fingerprint density at radius 3 is 2.60 bits per heavy atom. The Morgan fingerprint density at radius 2 is 1.97 bits per heavy atom. The van der Waals surface area contributed by atoms with Gasteiger partial charge in [0, 0.05) is 42.5 Å². The summed E-state index contributed by atoms with van der Waals surface area (Å²) < 4.78 is 17.2. The summed E-state index contributed by atoms with van der Waals surface area (Å²) in [7, 11) is 0. The first kappa shape index (κ1) is 24.4. The molecule has 1 saturated carbocycles. The predicted octanol–water partition coefficient (Wildman–Crippen LogP) is 4.07. The molecule has 1 saturated heterocycles. The van der Waals surface area contributed by atoms with Gasteiger partial charge in [0.05, 0.1) is 4.92 Å². The van der Waals surface area contributed by atoms with Gasteiger partial charge in [-0.3, -0.25) is 14.9 Å². The number of benzene rings is 1. The standard InChI is InChI=1S/C26H27NO8/c1-14-19-11-12-26(4,35-16(3)28)20-13-21(15(2)23(20)24(19)34-25(14)30)33-22(29)10-7-17-5-8-18(9-6-17)27(31)32/h5-10,19-21,24H,1,11-13H2,2-4H3/b10-7+/t19-,20?,21-,24-,26+/m0/s1. The Hall–Kier alpha value is -3.75. The summed E-state index contributed by atoms with van der Waals surface area (Å²) in [4.78, 5) is 47.1. The van der Waals surface area contributed by atoms with Gasteiger partial charge in [-0.15, -0.1) is 0 Å². The van der Waals surface area contributed by atoms with E-state index in [1.807, 2.05) is 13.8 Å². The molecule has 1 aromatic rings. The molecule has 1 unspecified atom stereocenters. The van der Waals surface area contributed by atoms with E-state index in [0.717, 1.165) is 11.1 Å². The van der Waals surface area contributed by atoms with E-state index in [9.17, 15) is 24.5 Å². The molecule has 0 radical (unpaired) electrons. The van der Waals surface area contributed by atoms with E-state index in [1.54, 1.807) is 0 Å². The van der Waals surface area contributed by atoms with Crippen LogP contribution >= 0.6 is 0 Å². The number of fused-ring (bicyclic) bond motifs is 3. The van der Waals surface area contributed by atoms with Gasteiger partial charge in [-0.25, -0.2) is 9.59 Å². The molecular formula is C26H27NO8. The SMILES string of the molecule is C=C1C(=O)O[C@@H]2C3=C(C)[C@@H](OC(=O)/C=C/c4ccc([N+](=O)[O-])cc4)CC3[C@](C)(OC(C)=O)CC[C@@H]12. The molecule has 1 aliphatic heterocycles. The van der Waals surface area contributed by atoms with Gasteiger partial charge in [0.15, 0.2) is 0 Å². The zero-order chi connectivity index (χ0) is 25.5. The third kappa shape index (κ3) is 4.62. The van der Waals surface area contributed by atoms with Crippen LogP contribution in [0.2, 0.25) is 0 Å². The van der Waals surface area contributed by atoms with Crippen LogP contribution in [0.4, 0.5) is 5.69 Å². The molecule has 3 aliphatic rings. The minimum absolute atomic E-state index is 0.0408. The third-order valence-electron chi connectivity index (χ3n) is 7.22. The smallest absolute Gasteiger partial charge is 0.334 e. The van der Waals surface area contributed by atoms with Gasteiger partial charge in [-0.2, -0.15) is 0 Å². The number of non-ortho nitro benzene ring substituents is 1. The fraction of sp³-hybridized carbons (Fsp3) is 0.423. The highest BCUT2D eigenvalue weighted by atomic mass is 16.6. The maximum atomic E-state index is 12.6. The summed E-state index contributed by atoms with van der Waals surface area (Å²) in [5.74, 6) is -1.91. The minimum Gasteiger partial charge on any atom is -0.459 e. The second-order valence-corrected chi connectivity index (χ2v) is 9.44. The molecule has 0 spiro atoms. The molecule has 2 aliphatic carbocycles. The van der Waals surface area contributed by atoms with Crippen molar-refractivity contribution in [2.75, 3.05) is 0 Å². The van der Waals surface area contributed by atoms with Crippen LogP contribution in [-0.2, 0) is 28.6 Å². The van der Waals surface area contributed by atoms with Crippen molar-refractivity contribution in [1.29, 1.82) is 0 Å². The quantitative estimate of drug-likeness (QED) is 0.154. The summed E-state index contributed by atoms with van der Waals surface area (Å²) in [6.45, 7) is 8.99. The van der Waals surface area contributed by atoms with Crippen LogP contribution in [0.3, 0.4) is 0 Å². The van der Waals surface area contributed by atoms with Crippen LogP contribution in [0, 0.1) is 22.0 Å². The first-order valence-electron chi connectivity index (χ1n) is 11.4. The normalized spacial score (nSPS) is 29.9. The second kappa shape index (κ2) is 9.13. The molecule has 0 amide bonds. The van der Waals surface area contributed by atoms with E-state index in [1.165, 1.54) is 43.3 Å².